The van der Waals surface area contributed by atoms with Gasteiger partial charge in [0.2, 0.25) is 0 Å². The zero-order valence-corrected chi connectivity index (χ0v) is 13.6. The Bertz CT molecular complexity index is 817. The van der Waals surface area contributed by atoms with E-state index in [-0.39, 0.29) is 0 Å². The van der Waals surface area contributed by atoms with E-state index in [1.807, 2.05) is 56.3 Å². The van der Waals surface area contributed by atoms with Gasteiger partial charge in [0.05, 0.1) is 17.0 Å². The van der Waals surface area contributed by atoms with Crippen LogP contribution in [-0.2, 0) is 17.8 Å². The zero-order chi connectivity index (χ0) is 15.7. The lowest BCUT2D eigenvalue weighted by atomic mass is 10.2. The van der Waals surface area contributed by atoms with Gasteiger partial charge in [-0.15, -0.1) is 0 Å². The molecule has 4 nitrogen and oxygen atoms in total. The molecule has 0 amide bonds. The minimum absolute atomic E-state index is 0.796. The summed E-state index contributed by atoms with van der Waals surface area (Å²) in [5.41, 5.74) is 3.88. The summed E-state index contributed by atoms with van der Waals surface area (Å²) in [5.74, 6) is 0. The minimum atomic E-state index is -1.17. The van der Waals surface area contributed by atoms with Crippen molar-refractivity contribution in [1.82, 2.24) is 15.0 Å². The minimum Gasteiger partial charge on any atom is -0.249 e. The molecule has 1 atom stereocenters. The molecule has 2 aromatic carbocycles. The summed E-state index contributed by atoms with van der Waals surface area (Å²) < 4.78 is 12.8. The largest absolute Gasteiger partial charge is 0.249 e. The Morgan fingerprint density at radius 1 is 1.00 bits per heavy atom. The normalized spacial score (nSPS) is 12.3. The Morgan fingerprint density at radius 3 is 2.18 bits per heavy atom. The molecule has 22 heavy (non-hydrogen) atoms. The van der Waals surface area contributed by atoms with Gasteiger partial charge in [-0.05, 0) is 37.1 Å². The number of hydrogen-bond donors (Lipinski definition) is 0. The quantitative estimate of drug-likeness (QED) is 0.746. The number of hydrogen-bond acceptors (Lipinski definition) is 3. The smallest absolute Gasteiger partial charge is 0.113 e. The molecule has 1 aromatic heterocycles. The average molecular weight is 311 g/mol. The molecule has 0 spiro atoms. The van der Waals surface area contributed by atoms with Gasteiger partial charge < -0.3 is 0 Å². The Labute approximate surface area is 132 Å². The molecule has 0 N–H and O–H groups in total. The molecule has 0 radical (unpaired) electrons. The third-order valence-corrected chi connectivity index (χ3v) is 5.27. The number of aromatic nitrogens is 3. The molecule has 0 aliphatic rings. The highest BCUT2D eigenvalue weighted by atomic mass is 32.2. The Kier molecular flexibility index (Phi) is 3.90. The highest BCUT2D eigenvalue weighted by Crippen LogP contribution is 2.25. The molecule has 0 saturated carbocycles. The number of nitrogens with zero attached hydrogens (tertiary/aromatic N) is 3. The summed E-state index contributed by atoms with van der Waals surface area (Å²) >= 11 is 0. The topological polar surface area (TPSA) is 47.8 Å². The second kappa shape index (κ2) is 5.85. The van der Waals surface area contributed by atoms with Gasteiger partial charge in [0.1, 0.15) is 5.69 Å². The van der Waals surface area contributed by atoms with Crippen LogP contribution in [0.25, 0.3) is 11.3 Å². The van der Waals surface area contributed by atoms with Crippen LogP contribution in [0, 0.1) is 13.8 Å². The predicted octanol–water partition coefficient (Wildman–Crippen LogP) is 3.27. The van der Waals surface area contributed by atoms with E-state index in [1.165, 1.54) is 4.80 Å². The number of benzene rings is 2. The van der Waals surface area contributed by atoms with Crippen molar-refractivity contribution in [1.29, 1.82) is 0 Å². The van der Waals surface area contributed by atoms with E-state index in [4.69, 9.17) is 0 Å². The van der Waals surface area contributed by atoms with Gasteiger partial charge in [-0.2, -0.15) is 15.0 Å². The van der Waals surface area contributed by atoms with Gasteiger partial charge in [-0.3, -0.25) is 0 Å². The first kappa shape index (κ1) is 14.7. The van der Waals surface area contributed by atoms with Crippen LogP contribution in [0.4, 0.5) is 0 Å². The lowest BCUT2D eigenvalue weighted by molar-refractivity contribution is 0.655. The van der Waals surface area contributed by atoms with E-state index in [0.717, 1.165) is 32.2 Å². The first-order chi connectivity index (χ1) is 10.6. The maximum Gasteiger partial charge on any atom is 0.113 e. The van der Waals surface area contributed by atoms with Gasteiger partial charge >= 0.3 is 0 Å². The van der Waals surface area contributed by atoms with E-state index in [0.29, 0.717) is 0 Å². The summed E-state index contributed by atoms with van der Waals surface area (Å²) in [6.07, 6.45) is 1.72. The van der Waals surface area contributed by atoms with Crippen LogP contribution in [0.15, 0.2) is 58.5 Å². The second-order valence-electron chi connectivity index (χ2n) is 5.23. The number of aryl methyl sites for hydroxylation is 3. The van der Waals surface area contributed by atoms with Gasteiger partial charge in [0, 0.05) is 22.4 Å². The van der Waals surface area contributed by atoms with Gasteiger partial charge in [-0.25, -0.2) is 4.21 Å². The summed E-state index contributed by atoms with van der Waals surface area (Å²) in [6.45, 7) is 3.99. The van der Waals surface area contributed by atoms with Crippen molar-refractivity contribution < 1.29 is 4.21 Å². The maximum atomic E-state index is 12.8. The standard InChI is InChI=1S/C17H17N3OS/c1-12-5-4-6-13(2)17(12)22(21)15-9-7-14(8-10-15)16-11-18-20(3)19-16/h4-11H,1-3H3. The van der Waals surface area contributed by atoms with Crippen LogP contribution in [0.2, 0.25) is 0 Å². The van der Waals surface area contributed by atoms with E-state index in [2.05, 4.69) is 10.2 Å². The molecule has 1 heterocycles. The Morgan fingerprint density at radius 2 is 1.64 bits per heavy atom. The fraction of sp³-hybridized carbons (Fsp3) is 0.176. The molecule has 3 rings (SSSR count). The molecule has 3 aromatic rings. The molecule has 112 valence electrons. The Hall–Kier alpha value is -2.27. The molecule has 5 heteroatoms. The average Bonchev–Trinajstić information content (AvgIpc) is 2.94. The third-order valence-electron chi connectivity index (χ3n) is 3.56. The first-order valence-electron chi connectivity index (χ1n) is 7.01. The monoisotopic (exact) mass is 311 g/mol. The Balaban J connectivity index is 1.94. The van der Waals surface area contributed by atoms with Crippen molar-refractivity contribution >= 4 is 10.8 Å². The van der Waals surface area contributed by atoms with Crippen molar-refractivity contribution in [3.05, 3.63) is 59.8 Å². The summed E-state index contributed by atoms with van der Waals surface area (Å²) in [5, 5.41) is 8.34. The van der Waals surface area contributed by atoms with Crippen LogP contribution in [0.3, 0.4) is 0 Å². The molecule has 0 saturated heterocycles. The van der Waals surface area contributed by atoms with Crippen molar-refractivity contribution in [3.63, 3.8) is 0 Å². The van der Waals surface area contributed by atoms with E-state index in [1.54, 1.807) is 13.2 Å². The third kappa shape index (κ3) is 2.72. The molecule has 0 aliphatic carbocycles. The van der Waals surface area contributed by atoms with Gasteiger partial charge in [0.15, 0.2) is 0 Å². The fourth-order valence-electron chi connectivity index (χ4n) is 2.44. The molecule has 0 fully saturated rings. The van der Waals surface area contributed by atoms with Crippen molar-refractivity contribution in [2.45, 2.75) is 23.6 Å². The lowest BCUT2D eigenvalue weighted by Gasteiger charge is -2.09. The summed E-state index contributed by atoms with van der Waals surface area (Å²) in [4.78, 5) is 3.22. The van der Waals surface area contributed by atoms with Crippen LogP contribution in [-0.4, -0.2) is 19.2 Å². The van der Waals surface area contributed by atoms with Crippen LogP contribution in [0.1, 0.15) is 11.1 Å². The molecular formula is C17H17N3OS. The highest BCUT2D eigenvalue weighted by Gasteiger charge is 2.13. The van der Waals surface area contributed by atoms with Gasteiger partial charge in [0.25, 0.3) is 0 Å². The number of rotatable bonds is 3. The zero-order valence-electron chi connectivity index (χ0n) is 12.8. The second-order valence-corrected chi connectivity index (χ2v) is 6.65. The van der Waals surface area contributed by atoms with Gasteiger partial charge in [-0.1, -0.05) is 30.3 Å². The fourth-order valence-corrected chi connectivity index (χ4v) is 3.78. The summed E-state index contributed by atoms with van der Waals surface area (Å²) in [7, 11) is 0.615. The van der Waals surface area contributed by atoms with Crippen molar-refractivity contribution in [2.24, 2.45) is 7.05 Å². The SMILES string of the molecule is Cc1cccc(C)c1S(=O)c1ccc(-c2cnn(C)n2)cc1. The van der Waals surface area contributed by atoms with Crippen LogP contribution >= 0.6 is 0 Å². The summed E-state index contributed by atoms with van der Waals surface area (Å²) in [6, 6.07) is 13.6. The molecular weight excluding hydrogens is 294 g/mol. The van der Waals surface area contributed by atoms with Crippen molar-refractivity contribution in [2.75, 3.05) is 0 Å². The first-order valence-corrected chi connectivity index (χ1v) is 8.16. The van der Waals surface area contributed by atoms with Crippen LogP contribution < -0.4 is 0 Å². The predicted molar refractivity (Wildman–Crippen MR) is 87.0 cm³/mol. The molecule has 1 unspecified atom stereocenters. The molecule has 0 aliphatic heterocycles. The lowest BCUT2D eigenvalue weighted by Crippen LogP contribution is -1.98. The van der Waals surface area contributed by atoms with E-state index in [9.17, 15) is 4.21 Å². The van der Waals surface area contributed by atoms with Crippen molar-refractivity contribution in [3.8, 4) is 11.3 Å². The van der Waals surface area contributed by atoms with E-state index < -0.39 is 10.8 Å². The van der Waals surface area contributed by atoms with Crippen LogP contribution in [0.5, 0.6) is 0 Å². The van der Waals surface area contributed by atoms with E-state index >= 15 is 0 Å². The molecule has 0 bridgehead atoms. The maximum absolute atomic E-state index is 12.8. The highest BCUT2D eigenvalue weighted by molar-refractivity contribution is 7.85.